The molecule has 0 bridgehead atoms. The topological polar surface area (TPSA) is 72.4 Å². The number of halogens is 1. The molecule has 0 unspecified atom stereocenters. The number of hydrogen-bond acceptors (Lipinski definition) is 3. The van der Waals surface area contributed by atoms with Gasteiger partial charge in [0.05, 0.1) is 12.8 Å². The molecule has 0 aliphatic carbocycles. The van der Waals surface area contributed by atoms with Gasteiger partial charge in [0.15, 0.2) is 0 Å². The molecule has 0 radical (unpaired) electrons. The maximum absolute atomic E-state index is 12.8. The fourth-order valence-corrected chi connectivity index (χ4v) is 3.41. The summed E-state index contributed by atoms with van der Waals surface area (Å²) in [4.78, 5) is 24.9. The molecule has 152 valence electrons. The van der Waals surface area contributed by atoms with E-state index in [9.17, 15) is 9.59 Å². The molecule has 0 saturated heterocycles. The number of nitrogens with one attached hydrogen (secondary N) is 2. The number of carbonyl (C=O) groups excluding carboxylic acids is 2. The monoisotopic (exact) mass is 413 g/mol. The molecule has 0 saturated carbocycles. The zero-order valence-electron chi connectivity index (χ0n) is 16.9. The van der Waals surface area contributed by atoms with Gasteiger partial charge in [0.2, 0.25) is 5.91 Å². The van der Waals surface area contributed by atoms with Gasteiger partial charge in [-0.05, 0) is 36.2 Å². The lowest BCUT2D eigenvalue weighted by atomic mass is 10.1. The van der Waals surface area contributed by atoms with Crippen LogP contribution >= 0.6 is 11.6 Å². The highest BCUT2D eigenvalue weighted by atomic mass is 35.5. The molecule has 3 rings (SSSR count). The van der Waals surface area contributed by atoms with Crippen molar-refractivity contribution >= 4 is 45.7 Å². The molecule has 3 aromatic rings. The van der Waals surface area contributed by atoms with Crippen LogP contribution in [0.25, 0.3) is 10.9 Å². The molecule has 2 aromatic carbocycles. The smallest absolute Gasteiger partial charge is 0.272 e. The summed E-state index contributed by atoms with van der Waals surface area (Å²) in [5.74, 6) is 0.384. The van der Waals surface area contributed by atoms with Crippen molar-refractivity contribution < 1.29 is 14.3 Å². The molecule has 1 heterocycles. The normalized spacial score (nSPS) is 11.0. The van der Waals surface area contributed by atoms with E-state index in [4.69, 9.17) is 16.3 Å². The number of aromatic nitrogens is 1. The van der Waals surface area contributed by atoms with E-state index in [1.807, 2.05) is 33.0 Å². The standard InChI is InChI=1S/C22H24ClN3O3/c1-13(2)10-21(27)25-17-9-8-14(11-20(17)29-4)24-22(28)19-12-15-16(23)6-5-7-18(15)26(19)3/h5-9,11-13H,10H2,1-4H3,(H,24,28)(H,25,27). The molecular formula is C22H24ClN3O3. The Kier molecular flexibility index (Phi) is 6.13. The summed E-state index contributed by atoms with van der Waals surface area (Å²) in [6.07, 6.45) is 0.422. The van der Waals surface area contributed by atoms with E-state index < -0.39 is 0 Å². The summed E-state index contributed by atoms with van der Waals surface area (Å²) in [6.45, 7) is 3.96. The number of rotatable bonds is 6. The van der Waals surface area contributed by atoms with Gasteiger partial charge in [-0.15, -0.1) is 0 Å². The number of carbonyl (C=O) groups is 2. The second-order valence-electron chi connectivity index (χ2n) is 7.28. The lowest BCUT2D eigenvalue weighted by molar-refractivity contribution is -0.116. The molecule has 1 aromatic heterocycles. The summed E-state index contributed by atoms with van der Waals surface area (Å²) in [5, 5.41) is 7.13. The van der Waals surface area contributed by atoms with Crippen LogP contribution in [0.5, 0.6) is 5.75 Å². The van der Waals surface area contributed by atoms with Crippen molar-refractivity contribution in [3.05, 3.63) is 53.2 Å². The van der Waals surface area contributed by atoms with E-state index in [-0.39, 0.29) is 17.7 Å². The fourth-order valence-electron chi connectivity index (χ4n) is 3.18. The number of hydrogen-bond donors (Lipinski definition) is 2. The van der Waals surface area contributed by atoms with Crippen LogP contribution in [0.3, 0.4) is 0 Å². The first-order valence-electron chi connectivity index (χ1n) is 9.33. The number of ether oxygens (including phenoxy) is 1. The molecule has 7 heteroatoms. The second-order valence-corrected chi connectivity index (χ2v) is 7.68. The van der Waals surface area contributed by atoms with E-state index in [1.165, 1.54) is 7.11 Å². The van der Waals surface area contributed by atoms with Crippen LogP contribution in [0, 0.1) is 5.92 Å². The minimum absolute atomic E-state index is 0.0811. The molecule has 0 aliphatic heterocycles. The van der Waals surface area contributed by atoms with E-state index in [0.29, 0.717) is 34.3 Å². The Balaban J connectivity index is 1.81. The first kappa shape index (κ1) is 20.7. The van der Waals surface area contributed by atoms with Crippen molar-refractivity contribution in [1.29, 1.82) is 0 Å². The van der Waals surface area contributed by atoms with Gasteiger partial charge in [0, 0.05) is 41.1 Å². The maximum atomic E-state index is 12.8. The second kappa shape index (κ2) is 8.57. The maximum Gasteiger partial charge on any atom is 0.272 e. The van der Waals surface area contributed by atoms with Crippen molar-refractivity contribution in [3.8, 4) is 5.75 Å². The average molecular weight is 414 g/mol. The van der Waals surface area contributed by atoms with Crippen LogP contribution in [-0.2, 0) is 11.8 Å². The van der Waals surface area contributed by atoms with Crippen molar-refractivity contribution in [3.63, 3.8) is 0 Å². The lowest BCUT2D eigenvalue weighted by Gasteiger charge is -2.13. The van der Waals surface area contributed by atoms with Gasteiger partial charge in [-0.25, -0.2) is 0 Å². The Morgan fingerprint density at radius 1 is 1.14 bits per heavy atom. The summed E-state index contributed by atoms with van der Waals surface area (Å²) in [7, 11) is 3.34. The van der Waals surface area contributed by atoms with Gasteiger partial charge >= 0.3 is 0 Å². The highest BCUT2D eigenvalue weighted by Gasteiger charge is 2.16. The molecule has 0 spiro atoms. The first-order valence-corrected chi connectivity index (χ1v) is 9.71. The number of fused-ring (bicyclic) bond motifs is 1. The number of methoxy groups -OCH3 is 1. The van der Waals surface area contributed by atoms with Crippen LogP contribution in [0.1, 0.15) is 30.8 Å². The molecule has 0 aliphatic rings. The quantitative estimate of drug-likeness (QED) is 0.592. The summed E-state index contributed by atoms with van der Waals surface area (Å²) < 4.78 is 7.18. The predicted octanol–water partition coefficient (Wildman–Crippen LogP) is 5.08. The van der Waals surface area contributed by atoms with Crippen molar-refractivity contribution in [2.24, 2.45) is 13.0 Å². The van der Waals surface area contributed by atoms with Crippen molar-refractivity contribution in [2.75, 3.05) is 17.7 Å². The van der Waals surface area contributed by atoms with Crippen LogP contribution in [0.15, 0.2) is 42.5 Å². The molecule has 29 heavy (non-hydrogen) atoms. The average Bonchev–Trinajstić information content (AvgIpc) is 3.00. The van der Waals surface area contributed by atoms with E-state index in [2.05, 4.69) is 10.6 Å². The summed E-state index contributed by atoms with van der Waals surface area (Å²) in [5.41, 5.74) is 2.49. The zero-order chi connectivity index (χ0) is 21.1. The third-order valence-corrected chi connectivity index (χ3v) is 4.92. The van der Waals surface area contributed by atoms with Gasteiger partial charge < -0.3 is 19.9 Å². The molecule has 2 amide bonds. The molecule has 2 N–H and O–H groups in total. The highest BCUT2D eigenvalue weighted by molar-refractivity contribution is 6.35. The largest absolute Gasteiger partial charge is 0.494 e. The van der Waals surface area contributed by atoms with Crippen LogP contribution < -0.4 is 15.4 Å². The Morgan fingerprint density at radius 2 is 1.90 bits per heavy atom. The lowest BCUT2D eigenvalue weighted by Crippen LogP contribution is -2.16. The van der Waals surface area contributed by atoms with E-state index >= 15 is 0 Å². The molecule has 0 fully saturated rings. The van der Waals surface area contributed by atoms with Crippen LogP contribution in [0.2, 0.25) is 5.02 Å². The number of benzene rings is 2. The summed E-state index contributed by atoms with van der Waals surface area (Å²) >= 11 is 6.24. The minimum atomic E-state index is -0.265. The van der Waals surface area contributed by atoms with E-state index in [0.717, 1.165) is 10.9 Å². The Labute approximate surface area is 174 Å². The first-order chi connectivity index (χ1) is 13.8. The van der Waals surface area contributed by atoms with Crippen LogP contribution in [-0.4, -0.2) is 23.5 Å². The third kappa shape index (κ3) is 4.54. The Bertz CT molecular complexity index is 1070. The number of amides is 2. The van der Waals surface area contributed by atoms with Crippen molar-refractivity contribution in [1.82, 2.24) is 4.57 Å². The van der Waals surface area contributed by atoms with Gasteiger partial charge in [0.1, 0.15) is 11.4 Å². The summed E-state index contributed by atoms with van der Waals surface area (Å²) in [6, 6.07) is 12.4. The SMILES string of the molecule is COc1cc(NC(=O)c2cc3c(Cl)cccc3n2C)ccc1NC(=O)CC(C)C. The molecular weight excluding hydrogens is 390 g/mol. The van der Waals surface area contributed by atoms with Crippen molar-refractivity contribution in [2.45, 2.75) is 20.3 Å². The molecule has 0 atom stereocenters. The third-order valence-electron chi connectivity index (χ3n) is 4.59. The van der Waals surface area contributed by atoms with Gasteiger partial charge in [-0.2, -0.15) is 0 Å². The van der Waals surface area contributed by atoms with Crippen LogP contribution in [0.4, 0.5) is 11.4 Å². The number of anilines is 2. The van der Waals surface area contributed by atoms with Gasteiger partial charge in [-0.3, -0.25) is 9.59 Å². The predicted molar refractivity (Wildman–Crippen MR) is 117 cm³/mol. The number of aryl methyl sites for hydroxylation is 1. The Hall–Kier alpha value is -2.99. The minimum Gasteiger partial charge on any atom is -0.494 e. The zero-order valence-corrected chi connectivity index (χ0v) is 17.6. The van der Waals surface area contributed by atoms with E-state index in [1.54, 1.807) is 34.9 Å². The highest BCUT2D eigenvalue weighted by Crippen LogP contribution is 2.30. The van der Waals surface area contributed by atoms with Gasteiger partial charge in [-0.1, -0.05) is 31.5 Å². The molecule has 6 nitrogen and oxygen atoms in total. The number of nitrogens with zero attached hydrogens (tertiary/aromatic N) is 1. The Morgan fingerprint density at radius 3 is 2.55 bits per heavy atom. The fraction of sp³-hybridized carbons (Fsp3) is 0.273. The van der Waals surface area contributed by atoms with Gasteiger partial charge in [0.25, 0.3) is 5.91 Å².